The molecule has 0 bridgehead atoms. The number of aryl methyl sites for hydroxylation is 2. The van der Waals surface area contributed by atoms with E-state index in [0.29, 0.717) is 22.9 Å². The molecule has 0 saturated carbocycles. The van der Waals surface area contributed by atoms with E-state index in [9.17, 15) is 4.79 Å². The first-order valence-electron chi connectivity index (χ1n) is 7.80. The van der Waals surface area contributed by atoms with E-state index in [2.05, 4.69) is 15.3 Å². The average molecular weight is 361 g/mol. The lowest BCUT2D eigenvalue weighted by Crippen LogP contribution is -2.06. The Morgan fingerprint density at radius 2 is 1.88 bits per heavy atom. The number of benzene rings is 1. The highest BCUT2D eigenvalue weighted by Crippen LogP contribution is 2.22. The average Bonchev–Trinajstić information content (AvgIpc) is 3.20. The highest BCUT2D eigenvalue weighted by Gasteiger charge is 2.13. The standard InChI is InChI=1S/C17H17ClN4O3/c1-4-14-19-20-15(25-14)9-24-17(23)12-5-7-13(8-6-12)22-11(3)16(18)10(2)21-22/h5-8H,4,9H2,1-3H3. The van der Waals surface area contributed by atoms with Crippen LogP contribution >= 0.6 is 11.6 Å². The third-order valence-corrected chi connectivity index (χ3v) is 4.24. The van der Waals surface area contributed by atoms with Crippen molar-refractivity contribution in [1.82, 2.24) is 20.0 Å². The van der Waals surface area contributed by atoms with Crippen LogP contribution in [0.15, 0.2) is 28.7 Å². The van der Waals surface area contributed by atoms with E-state index < -0.39 is 5.97 Å². The van der Waals surface area contributed by atoms with Crippen LogP contribution in [0.1, 0.15) is 40.5 Å². The molecular formula is C17H17ClN4O3. The van der Waals surface area contributed by atoms with Crippen LogP contribution in [0, 0.1) is 13.8 Å². The van der Waals surface area contributed by atoms with Gasteiger partial charge in [0.05, 0.1) is 27.7 Å². The Balaban J connectivity index is 1.69. The van der Waals surface area contributed by atoms with Gasteiger partial charge in [0, 0.05) is 6.42 Å². The molecule has 0 radical (unpaired) electrons. The second-order valence-electron chi connectivity index (χ2n) is 5.46. The Labute approximate surface area is 149 Å². The Morgan fingerprint density at radius 3 is 2.44 bits per heavy atom. The minimum Gasteiger partial charge on any atom is -0.452 e. The van der Waals surface area contributed by atoms with Crippen LogP contribution < -0.4 is 0 Å². The van der Waals surface area contributed by atoms with Crippen molar-refractivity contribution in [2.24, 2.45) is 0 Å². The molecule has 0 saturated heterocycles. The first-order chi connectivity index (χ1) is 12.0. The number of ether oxygens (including phenoxy) is 1. The zero-order valence-corrected chi connectivity index (χ0v) is 14.9. The molecule has 130 valence electrons. The maximum Gasteiger partial charge on any atom is 0.338 e. The van der Waals surface area contributed by atoms with E-state index in [1.54, 1.807) is 28.9 Å². The fraction of sp³-hybridized carbons (Fsp3) is 0.294. The van der Waals surface area contributed by atoms with E-state index in [0.717, 1.165) is 17.1 Å². The second-order valence-corrected chi connectivity index (χ2v) is 5.84. The molecule has 0 aliphatic rings. The van der Waals surface area contributed by atoms with Gasteiger partial charge < -0.3 is 9.15 Å². The Hall–Kier alpha value is -2.67. The fourth-order valence-electron chi connectivity index (χ4n) is 2.31. The summed E-state index contributed by atoms with van der Waals surface area (Å²) >= 11 is 6.16. The lowest BCUT2D eigenvalue weighted by atomic mass is 10.2. The second kappa shape index (κ2) is 7.06. The molecule has 0 N–H and O–H groups in total. The summed E-state index contributed by atoms with van der Waals surface area (Å²) in [4.78, 5) is 12.1. The van der Waals surface area contributed by atoms with Gasteiger partial charge in [-0.3, -0.25) is 0 Å². The fourth-order valence-corrected chi connectivity index (χ4v) is 2.43. The highest BCUT2D eigenvalue weighted by molar-refractivity contribution is 6.31. The van der Waals surface area contributed by atoms with E-state index in [4.69, 9.17) is 20.8 Å². The van der Waals surface area contributed by atoms with Crippen LogP contribution in [-0.4, -0.2) is 25.9 Å². The summed E-state index contributed by atoms with van der Waals surface area (Å²) in [5.41, 5.74) is 2.84. The summed E-state index contributed by atoms with van der Waals surface area (Å²) in [5, 5.41) is 12.6. The first kappa shape index (κ1) is 17.2. The Bertz CT molecular complexity index is 899. The quantitative estimate of drug-likeness (QED) is 0.648. The summed E-state index contributed by atoms with van der Waals surface area (Å²) in [6, 6.07) is 6.92. The van der Waals surface area contributed by atoms with Crippen LogP contribution in [0.25, 0.3) is 5.69 Å². The van der Waals surface area contributed by atoms with E-state index in [1.165, 1.54) is 0 Å². The zero-order chi connectivity index (χ0) is 18.0. The topological polar surface area (TPSA) is 83.0 Å². The Morgan fingerprint density at radius 1 is 1.20 bits per heavy atom. The van der Waals surface area contributed by atoms with Gasteiger partial charge in [-0.15, -0.1) is 10.2 Å². The third-order valence-electron chi connectivity index (χ3n) is 3.69. The molecule has 25 heavy (non-hydrogen) atoms. The van der Waals surface area contributed by atoms with Gasteiger partial charge in [0.15, 0.2) is 6.61 Å². The third kappa shape index (κ3) is 3.56. The summed E-state index contributed by atoms with van der Waals surface area (Å²) in [7, 11) is 0. The van der Waals surface area contributed by atoms with E-state index in [1.807, 2.05) is 20.8 Å². The highest BCUT2D eigenvalue weighted by atomic mass is 35.5. The number of nitrogens with zero attached hydrogens (tertiary/aromatic N) is 4. The monoisotopic (exact) mass is 360 g/mol. The minimum absolute atomic E-state index is 0.0549. The Kier molecular flexibility index (Phi) is 4.85. The molecule has 0 spiro atoms. The van der Waals surface area contributed by atoms with Crippen LogP contribution in [-0.2, 0) is 17.8 Å². The predicted octanol–water partition coefficient (Wildman–Crippen LogP) is 3.44. The summed E-state index contributed by atoms with van der Waals surface area (Å²) in [6.45, 7) is 5.58. The molecule has 0 fully saturated rings. The van der Waals surface area contributed by atoms with Gasteiger partial charge in [0.25, 0.3) is 5.89 Å². The maximum atomic E-state index is 12.1. The summed E-state index contributed by atoms with van der Waals surface area (Å²) < 4.78 is 12.2. The number of aromatic nitrogens is 4. The SMILES string of the molecule is CCc1nnc(COC(=O)c2ccc(-n3nc(C)c(Cl)c3C)cc2)o1. The molecule has 7 nitrogen and oxygen atoms in total. The normalized spacial score (nSPS) is 10.9. The lowest BCUT2D eigenvalue weighted by molar-refractivity contribution is 0.0436. The van der Waals surface area contributed by atoms with Gasteiger partial charge in [-0.2, -0.15) is 5.10 Å². The molecule has 0 aliphatic heterocycles. The molecule has 1 aromatic carbocycles. The molecular weight excluding hydrogens is 344 g/mol. The van der Waals surface area contributed by atoms with E-state index >= 15 is 0 Å². The molecule has 8 heteroatoms. The molecule has 0 atom stereocenters. The van der Waals surface area contributed by atoms with Crippen LogP contribution in [0.5, 0.6) is 0 Å². The summed E-state index contributed by atoms with van der Waals surface area (Å²) in [6.07, 6.45) is 0.638. The first-order valence-corrected chi connectivity index (χ1v) is 8.18. The van der Waals surface area contributed by atoms with Gasteiger partial charge in [0.2, 0.25) is 5.89 Å². The van der Waals surface area contributed by atoms with Gasteiger partial charge >= 0.3 is 5.97 Å². The van der Waals surface area contributed by atoms with Crippen LogP contribution in [0.4, 0.5) is 0 Å². The largest absolute Gasteiger partial charge is 0.452 e. The van der Waals surface area contributed by atoms with Crippen molar-refractivity contribution in [2.75, 3.05) is 0 Å². The number of esters is 1. The molecule has 2 heterocycles. The molecule has 0 unspecified atom stereocenters. The van der Waals surface area contributed by atoms with Crippen molar-refractivity contribution < 1.29 is 13.9 Å². The molecule has 0 amide bonds. The van der Waals surface area contributed by atoms with Crippen molar-refractivity contribution in [3.8, 4) is 5.69 Å². The smallest absolute Gasteiger partial charge is 0.338 e. The number of hydrogen-bond donors (Lipinski definition) is 0. The lowest BCUT2D eigenvalue weighted by Gasteiger charge is -2.06. The molecule has 3 rings (SSSR count). The molecule has 3 aromatic rings. The van der Waals surface area contributed by atoms with Gasteiger partial charge in [-0.1, -0.05) is 18.5 Å². The number of carbonyl (C=O) groups excluding carboxylic acids is 1. The molecule has 2 aromatic heterocycles. The van der Waals surface area contributed by atoms with Gasteiger partial charge in [0.1, 0.15) is 0 Å². The van der Waals surface area contributed by atoms with Crippen molar-refractivity contribution in [3.05, 3.63) is 58.0 Å². The maximum absolute atomic E-state index is 12.1. The van der Waals surface area contributed by atoms with Crippen molar-refractivity contribution in [2.45, 2.75) is 33.8 Å². The van der Waals surface area contributed by atoms with Gasteiger partial charge in [-0.25, -0.2) is 9.48 Å². The van der Waals surface area contributed by atoms with Gasteiger partial charge in [-0.05, 0) is 38.1 Å². The molecule has 0 aliphatic carbocycles. The van der Waals surface area contributed by atoms with Crippen LogP contribution in [0.3, 0.4) is 0 Å². The number of halogens is 1. The van der Waals surface area contributed by atoms with Crippen molar-refractivity contribution in [3.63, 3.8) is 0 Å². The van der Waals surface area contributed by atoms with Crippen LogP contribution in [0.2, 0.25) is 5.02 Å². The number of hydrogen-bond acceptors (Lipinski definition) is 6. The number of rotatable bonds is 5. The predicted molar refractivity (Wildman–Crippen MR) is 90.8 cm³/mol. The summed E-state index contributed by atoms with van der Waals surface area (Å²) in [5.74, 6) is 0.326. The number of carbonyl (C=O) groups is 1. The van der Waals surface area contributed by atoms with Crippen molar-refractivity contribution in [1.29, 1.82) is 0 Å². The van der Waals surface area contributed by atoms with Crippen molar-refractivity contribution >= 4 is 17.6 Å². The minimum atomic E-state index is -0.464. The van der Waals surface area contributed by atoms with E-state index in [-0.39, 0.29) is 12.5 Å². The zero-order valence-electron chi connectivity index (χ0n) is 14.1.